The third kappa shape index (κ3) is 4.00. The molecule has 0 unspecified atom stereocenters. The van der Waals surface area contributed by atoms with E-state index in [-0.39, 0.29) is 11.9 Å². The van der Waals surface area contributed by atoms with Crippen molar-refractivity contribution in [3.63, 3.8) is 0 Å². The predicted octanol–water partition coefficient (Wildman–Crippen LogP) is 3.81. The Morgan fingerprint density at radius 1 is 1.10 bits per heavy atom. The van der Waals surface area contributed by atoms with Crippen molar-refractivity contribution in [1.82, 2.24) is 14.9 Å². The van der Waals surface area contributed by atoms with Gasteiger partial charge in [0.25, 0.3) is 0 Å². The molecule has 1 aliphatic heterocycles. The third-order valence-corrected chi connectivity index (χ3v) is 6.40. The van der Waals surface area contributed by atoms with Gasteiger partial charge in [0.1, 0.15) is 11.0 Å². The number of thioether (sulfide) groups is 1. The molecule has 1 aromatic heterocycles. The fourth-order valence-electron chi connectivity index (χ4n) is 3.43. The van der Waals surface area contributed by atoms with E-state index in [4.69, 9.17) is 4.74 Å². The first kappa shape index (κ1) is 20.3. The van der Waals surface area contributed by atoms with Crippen molar-refractivity contribution in [2.45, 2.75) is 43.1 Å². The highest BCUT2D eigenvalue weighted by Gasteiger charge is 2.37. The summed E-state index contributed by atoms with van der Waals surface area (Å²) in [5.74, 6) is 1.51. The number of aromatic nitrogens is 3. The SMILES string of the molecule is CCc1ccc([C@@H]2Nn3c(CC)nnc3S[C@H]2C(=O)Nc2ccc(OC)cc2)cc1. The molecule has 1 aliphatic rings. The van der Waals surface area contributed by atoms with Crippen molar-refractivity contribution in [3.8, 4) is 5.75 Å². The number of nitrogens with one attached hydrogen (secondary N) is 2. The summed E-state index contributed by atoms with van der Waals surface area (Å²) < 4.78 is 7.09. The Morgan fingerprint density at radius 3 is 2.47 bits per heavy atom. The van der Waals surface area contributed by atoms with Gasteiger partial charge in [0.2, 0.25) is 11.1 Å². The first-order valence-corrected chi connectivity index (χ1v) is 10.9. The molecule has 2 aromatic carbocycles. The molecule has 3 aromatic rings. The van der Waals surface area contributed by atoms with Crippen LogP contribution >= 0.6 is 11.8 Å². The molecule has 0 saturated carbocycles. The van der Waals surface area contributed by atoms with E-state index < -0.39 is 5.25 Å². The maximum atomic E-state index is 13.3. The van der Waals surface area contributed by atoms with Gasteiger partial charge in [-0.05, 0) is 41.8 Å². The maximum absolute atomic E-state index is 13.3. The number of anilines is 1. The van der Waals surface area contributed by atoms with Crippen molar-refractivity contribution >= 4 is 23.4 Å². The molecule has 4 rings (SSSR count). The summed E-state index contributed by atoms with van der Waals surface area (Å²) >= 11 is 1.43. The van der Waals surface area contributed by atoms with E-state index in [1.165, 1.54) is 17.3 Å². The number of hydrogen-bond acceptors (Lipinski definition) is 6. The van der Waals surface area contributed by atoms with E-state index in [1.54, 1.807) is 7.11 Å². The van der Waals surface area contributed by atoms with E-state index in [0.29, 0.717) is 5.16 Å². The van der Waals surface area contributed by atoms with Crippen molar-refractivity contribution in [2.24, 2.45) is 0 Å². The molecule has 0 radical (unpaired) electrons. The van der Waals surface area contributed by atoms with E-state index in [2.05, 4.69) is 52.1 Å². The minimum absolute atomic E-state index is 0.0884. The van der Waals surface area contributed by atoms with Crippen molar-refractivity contribution in [2.75, 3.05) is 17.9 Å². The number of methoxy groups -OCH3 is 1. The van der Waals surface area contributed by atoms with Crippen LogP contribution in [-0.4, -0.2) is 33.1 Å². The van der Waals surface area contributed by atoms with Crippen molar-refractivity contribution in [1.29, 1.82) is 0 Å². The van der Waals surface area contributed by atoms with E-state index in [0.717, 1.165) is 35.7 Å². The summed E-state index contributed by atoms with van der Waals surface area (Å²) in [6.45, 7) is 4.17. The molecule has 2 N–H and O–H groups in total. The Balaban J connectivity index is 1.63. The van der Waals surface area contributed by atoms with Crippen LogP contribution in [0.2, 0.25) is 0 Å². The molecule has 30 heavy (non-hydrogen) atoms. The topological polar surface area (TPSA) is 81.1 Å². The number of fused-ring (bicyclic) bond motifs is 1. The summed E-state index contributed by atoms with van der Waals surface area (Å²) in [5, 5.41) is 11.8. The number of nitrogens with zero attached hydrogens (tertiary/aromatic N) is 3. The molecule has 0 bridgehead atoms. The lowest BCUT2D eigenvalue weighted by atomic mass is 10.0. The van der Waals surface area contributed by atoms with E-state index in [1.807, 2.05) is 35.9 Å². The number of ether oxygens (including phenoxy) is 1. The number of rotatable bonds is 6. The zero-order valence-electron chi connectivity index (χ0n) is 17.3. The second-order valence-electron chi connectivity index (χ2n) is 7.05. The Bertz CT molecular complexity index is 1020. The minimum Gasteiger partial charge on any atom is -0.497 e. The highest BCUT2D eigenvalue weighted by molar-refractivity contribution is 8.00. The predicted molar refractivity (Wildman–Crippen MR) is 119 cm³/mol. The number of aryl methyl sites for hydroxylation is 2. The number of carbonyl (C=O) groups excluding carboxylic acids is 1. The first-order valence-electron chi connectivity index (χ1n) is 10.0. The van der Waals surface area contributed by atoms with Crippen LogP contribution in [0, 0.1) is 0 Å². The molecule has 8 heteroatoms. The lowest BCUT2D eigenvalue weighted by Gasteiger charge is -2.33. The Kier molecular flexibility index (Phi) is 5.94. The van der Waals surface area contributed by atoms with Crippen LogP contribution in [0.15, 0.2) is 53.7 Å². The van der Waals surface area contributed by atoms with Crippen LogP contribution in [0.25, 0.3) is 0 Å². The van der Waals surface area contributed by atoms with Gasteiger partial charge in [-0.15, -0.1) is 10.2 Å². The molecule has 1 amide bonds. The summed E-state index contributed by atoms with van der Waals surface area (Å²) in [5.41, 5.74) is 6.52. The van der Waals surface area contributed by atoms with Gasteiger partial charge in [-0.2, -0.15) is 0 Å². The number of hydrogen-bond donors (Lipinski definition) is 2. The summed E-state index contributed by atoms with van der Waals surface area (Å²) in [7, 11) is 1.62. The van der Waals surface area contributed by atoms with Gasteiger partial charge in [0.15, 0.2) is 5.82 Å². The second-order valence-corrected chi connectivity index (χ2v) is 8.15. The molecular formula is C22H25N5O2S. The van der Waals surface area contributed by atoms with E-state index in [9.17, 15) is 4.79 Å². The van der Waals surface area contributed by atoms with Crippen LogP contribution in [0.5, 0.6) is 5.75 Å². The minimum atomic E-state index is -0.402. The van der Waals surface area contributed by atoms with Gasteiger partial charge < -0.3 is 15.5 Å². The standard InChI is InChI=1S/C22H25N5O2S/c1-4-14-6-8-15(9-7-14)19-20(30-22-25-24-18(5-2)27(22)26-19)21(28)23-16-10-12-17(29-3)13-11-16/h6-13,19-20,26H,4-5H2,1-3H3,(H,23,28)/t19-,20+/m0/s1. The Morgan fingerprint density at radius 2 is 1.83 bits per heavy atom. The number of carbonyl (C=O) groups is 1. The molecule has 2 heterocycles. The highest BCUT2D eigenvalue weighted by atomic mass is 32.2. The van der Waals surface area contributed by atoms with E-state index >= 15 is 0 Å². The normalized spacial score (nSPS) is 17.7. The zero-order chi connectivity index (χ0) is 21.1. The lowest BCUT2D eigenvalue weighted by Crippen LogP contribution is -2.41. The fourth-order valence-corrected chi connectivity index (χ4v) is 4.52. The maximum Gasteiger partial charge on any atom is 0.240 e. The quantitative estimate of drug-likeness (QED) is 0.628. The summed E-state index contributed by atoms with van der Waals surface area (Å²) in [6, 6.07) is 15.5. The molecular weight excluding hydrogens is 398 g/mol. The van der Waals surface area contributed by atoms with Crippen LogP contribution in [-0.2, 0) is 17.6 Å². The first-order chi connectivity index (χ1) is 14.6. The van der Waals surface area contributed by atoms with Gasteiger partial charge in [-0.1, -0.05) is 49.9 Å². The molecule has 0 spiro atoms. The third-order valence-electron chi connectivity index (χ3n) is 5.18. The smallest absolute Gasteiger partial charge is 0.240 e. The van der Waals surface area contributed by atoms with Gasteiger partial charge in [0, 0.05) is 12.1 Å². The highest BCUT2D eigenvalue weighted by Crippen LogP contribution is 2.37. The van der Waals surface area contributed by atoms with Gasteiger partial charge >= 0.3 is 0 Å². The molecule has 156 valence electrons. The van der Waals surface area contributed by atoms with Crippen molar-refractivity contribution < 1.29 is 9.53 Å². The molecule has 0 aliphatic carbocycles. The summed E-state index contributed by atoms with van der Waals surface area (Å²) in [6.07, 6.45) is 1.73. The van der Waals surface area contributed by atoms with Gasteiger partial charge in [-0.25, -0.2) is 4.68 Å². The molecule has 7 nitrogen and oxygen atoms in total. The number of benzene rings is 2. The fraction of sp³-hybridized carbons (Fsp3) is 0.318. The zero-order valence-corrected chi connectivity index (χ0v) is 18.1. The molecule has 2 atom stereocenters. The van der Waals surface area contributed by atoms with Gasteiger partial charge in [-0.3, -0.25) is 4.79 Å². The lowest BCUT2D eigenvalue weighted by molar-refractivity contribution is -0.116. The van der Waals surface area contributed by atoms with Crippen LogP contribution in [0.3, 0.4) is 0 Å². The number of amides is 1. The monoisotopic (exact) mass is 423 g/mol. The molecule has 0 saturated heterocycles. The largest absolute Gasteiger partial charge is 0.497 e. The Labute approximate surface area is 180 Å². The van der Waals surface area contributed by atoms with Gasteiger partial charge in [0.05, 0.1) is 13.2 Å². The van der Waals surface area contributed by atoms with Crippen LogP contribution in [0.4, 0.5) is 5.69 Å². The Hall–Kier alpha value is -3.00. The van der Waals surface area contributed by atoms with Crippen LogP contribution in [0.1, 0.15) is 36.8 Å². The average Bonchev–Trinajstić information content (AvgIpc) is 3.21. The second kappa shape index (κ2) is 8.79. The van der Waals surface area contributed by atoms with Crippen LogP contribution < -0.4 is 15.5 Å². The average molecular weight is 424 g/mol. The molecule has 0 fully saturated rings. The van der Waals surface area contributed by atoms with Crippen molar-refractivity contribution in [3.05, 3.63) is 65.5 Å². The summed E-state index contributed by atoms with van der Waals surface area (Å²) in [4.78, 5) is 13.3.